The molecule has 0 fully saturated rings. The normalized spacial score (nSPS) is 11.9. The maximum atomic E-state index is 11.5. The number of methoxy groups -OCH3 is 2. The summed E-state index contributed by atoms with van der Waals surface area (Å²) in [5.74, 6) is -1.72. The smallest absolute Gasteiger partial charge is 0.376 e. The van der Waals surface area contributed by atoms with Gasteiger partial charge in [0, 0.05) is 7.11 Å². The summed E-state index contributed by atoms with van der Waals surface area (Å²) in [5.41, 5.74) is 1.44. The van der Waals surface area contributed by atoms with Crippen molar-refractivity contribution in [3.8, 4) is 0 Å². The largest absolute Gasteiger partial charge is 0.463 e. The van der Waals surface area contributed by atoms with E-state index in [0.29, 0.717) is 12.2 Å². The molecule has 0 bridgehead atoms. The third-order valence-corrected chi connectivity index (χ3v) is 2.62. The second-order valence-electron chi connectivity index (χ2n) is 3.40. The van der Waals surface area contributed by atoms with E-state index < -0.39 is 17.1 Å². The molecule has 5 heteroatoms. The standard InChI is InChI=1S/C12H13ClO4/c1-16-7-8-4-3-5-9(6-8)10(13)11(14)12(15)17-2/h3-6,10H,7H2,1-2H3. The van der Waals surface area contributed by atoms with Gasteiger partial charge >= 0.3 is 5.97 Å². The van der Waals surface area contributed by atoms with E-state index in [1.54, 1.807) is 25.3 Å². The molecule has 0 spiro atoms. The molecule has 0 heterocycles. The van der Waals surface area contributed by atoms with Crippen LogP contribution >= 0.6 is 11.6 Å². The van der Waals surface area contributed by atoms with Crippen LogP contribution in [-0.2, 0) is 25.7 Å². The summed E-state index contributed by atoms with van der Waals surface area (Å²) in [7, 11) is 2.72. The molecule has 0 saturated carbocycles. The van der Waals surface area contributed by atoms with Crippen molar-refractivity contribution in [2.24, 2.45) is 0 Å². The molecule has 1 rings (SSSR count). The highest BCUT2D eigenvalue weighted by molar-refractivity contribution is 6.47. The first-order chi connectivity index (χ1) is 8.10. The van der Waals surface area contributed by atoms with E-state index in [1.807, 2.05) is 6.07 Å². The number of rotatable bonds is 5. The Kier molecular flexibility index (Phi) is 5.12. The van der Waals surface area contributed by atoms with Crippen LogP contribution in [0, 0.1) is 0 Å². The van der Waals surface area contributed by atoms with Crippen LogP contribution in [0.4, 0.5) is 0 Å². The Morgan fingerprint density at radius 1 is 1.35 bits per heavy atom. The molecule has 17 heavy (non-hydrogen) atoms. The van der Waals surface area contributed by atoms with Gasteiger partial charge in [-0.15, -0.1) is 11.6 Å². The molecular weight excluding hydrogens is 244 g/mol. The maximum Gasteiger partial charge on any atom is 0.376 e. The molecule has 1 unspecified atom stereocenters. The first-order valence-corrected chi connectivity index (χ1v) is 5.37. The van der Waals surface area contributed by atoms with Crippen molar-refractivity contribution in [1.29, 1.82) is 0 Å². The number of benzene rings is 1. The summed E-state index contributed by atoms with van der Waals surface area (Å²) in [6.45, 7) is 0.420. The number of alkyl halides is 1. The van der Waals surface area contributed by atoms with Gasteiger partial charge in [0.25, 0.3) is 5.78 Å². The number of halogens is 1. The average molecular weight is 257 g/mol. The van der Waals surface area contributed by atoms with E-state index in [2.05, 4.69) is 4.74 Å². The zero-order chi connectivity index (χ0) is 12.8. The van der Waals surface area contributed by atoms with Crippen molar-refractivity contribution in [3.63, 3.8) is 0 Å². The lowest BCUT2D eigenvalue weighted by molar-refractivity contribution is -0.151. The van der Waals surface area contributed by atoms with E-state index in [1.165, 1.54) is 0 Å². The molecule has 1 atom stereocenters. The predicted octanol–water partition coefficient (Wildman–Crippen LogP) is 1.85. The van der Waals surface area contributed by atoms with Crippen LogP contribution in [0.25, 0.3) is 0 Å². The van der Waals surface area contributed by atoms with Crippen molar-refractivity contribution in [2.75, 3.05) is 14.2 Å². The van der Waals surface area contributed by atoms with Crippen LogP contribution in [0.1, 0.15) is 16.5 Å². The summed E-state index contributed by atoms with van der Waals surface area (Å²) in [5, 5.41) is -1.03. The Bertz CT molecular complexity index is 417. The summed E-state index contributed by atoms with van der Waals surface area (Å²) < 4.78 is 9.31. The minimum Gasteiger partial charge on any atom is -0.463 e. The van der Waals surface area contributed by atoms with Crippen LogP contribution in [0.15, 0.2) is 24.3 Å². The number of carbonyl (C=O) groups is 2. The third kappa shape index (κ3) is 3.54. The van der Waals surface area contributed by atoms with Crippen molar-refractivity contribution < 1.29 is 19.1 Å². The SMILES string of the molecule is COCc1cccc(C(Cl)C(=O)C(=O)OC)c1. The molecule has 92 valence electrons. The van der Waals surface area contributed by atoms with Crippen molar-refractivity contribution in [1.82, 2.24) is 0 Å². The van der Waals surface area contributed by atoms with Gasteiger partial charge in [-0.2, -0.15) is 0 Å². The van der Waals surface area contributed by atoms with Crippen molar-refractivity contribution >= 4 is 23.4 Å². The quantitative estimate of drug-likeness (QED) is 0.458. The van der Waals surface area contributed by atoms with Gasteiger partial charge in [0.05, 0.1) is 13.7 Å². The number of ketones is 1. The second kappa shape index (κ2) is 6.37. The van der Waals surface area contributed by atoms with Crippen molar-refractivity contribution in [2.45, 2.75) is 12.0 Å². The van der Waals surface area contributed by atoms with Gasteiger partial charge in [-0.3, -0.25) is 4.79 Å². The minimum absolute atomic E-state index is 0.420. The van der Waals surface area contributed by atoms with Gasteiger partial charge in [-0.05, 0) is 11.1 Å². The maximum absolute atomic E-state index is 11.5. The van der Waals surface area contributed by atoms with E-state index in [-0.39, 0.29) is 0 Å². The zero-order valence-corrected chi connectivity index (χ0v) is 10.4. The fourth-order valence-corrected chi connectivity index (χ4v) is 1.59. The highest BCUT2D eigenvalue weighted by atomic mass is 35.5. The first-order valence-electron chi connectivity index (χ1n) is 4.94. The van der Waals surface area contributed by atoms with Gasteiger partial charge in [-0.1, -0.05) is 24.3 Å². The van der Waals surface area contributed by atoms with Crippen LogP contribution in [0.2, 0.25) is 0 Å². The monoisotopic (exact) mass is 256 g/mol. The Balaban J connectivity index is 2.88. The Labute approximate surface area is 104 Å². The minimum atomic E-state index is -1.03. The van der Waals surface area contributed by atoms with Crippen LogP contribution in [0.3, 0.4) is 0 Å². The summed E-state index contributed by atoms with van der Waals surface area (Å²) >= 11 is 5.91. The second-order valence-corrected chi connectivity index (χ2v) is 3.83. The average Bonchev–Trinajstić information content (AvgIpc) is 2.36. The molecule has 0 aliphatic carbocycles. The van der Waals surface area contributed by atoms with Gasteiger partial charge in [0.15, 0.2) is 0 Å². The first kappa shape index (κ1) is 13.7. The van der Waals surface area contributed by atoms with Gasteiger partial charge in [0.1, 0.15) is 5.38 Å². The van der Waals surface area contributed by atoms with Crippen LogP contribution in [0.5, 0.6) is 0 Å². The Morgan fingerprint density at radius 2 is 2.06 bits per heavy atom. The third-order valence-electron chi connectivity index (χ3n) is 2.17. The summed E-state index contributed by atoms with van der Waals surface area (Å²) in [6.07, 6.45) is 0. The van der Waals surface area contributed by atoms with E-state index in [0.717, 1.165) is 12.7 Å². The van der Waals surface area contributed by atoms with E-state index >= 15 is 0 Å². The fourth-order valence-electron chi connectivity index (χ4n) is 1.36. The van der Waals surface area contributed by atoms with E-state index in [9.17, 15) is 9.59 Å². The molecule has 0 N–H and O–H groups in total. The molecule has 0 amide bonds. The number of ether oxygens (including phenoxy) is 2. The van der Waals surface area contributed by atoms with Crippen LogP contribution in [-0.4, -0.2) is 26.0 Å². The number of carbonyl (C=O) groups excluding carboxylic acids is 2. The molecule has 0 saturated heterocycles. The lowest BCUT2D eigenvalue weighted by atomic mass is 10.1. The molecule has 0 aromatic heterocycles. The molecular formula is C12H13ClO4. The molecule has 1 aromatic carbocycles. The van der Waals surface area contributed by atoms with E-state index in [4.69, 9.17) is 16.3 Å². The molecule has 0 aliphatic heterocycles. The van der Waals surface area contributed by atoms with Gasteiger partial charge < -0.3 is 9.47 Å². The molecule has 0 aliphatic rings. The molecule has 0 radical (unpaired) electrons. The zero-order valence-electron chi connectivity index (χ0n) is 9.60. The number of hydrogen-bond acceptors (Lipinski definition) is 4. The summed E-state index contributed by atoms with van der Waals surface area (Å²) in [6, 6.07) is 7.00. The number of Topliss-reactive ketones (excluding diaryl/α,β-unsaturated/α-hetero) is 1. The topological polar surface area (TPSA) is 52.6 Å². The Hall–Kier alpha value is -1.39. The lowest BCUT2D eigenvalue weighted by Gasteiger charge is -2.09. The number of hydrogen-bond donors (Lipinski definition) is 0. The van der Waals surface area contributed by atoms with Gasteiger partial charge in [0.2, 0.25) is 0 Å². The highest BCUT2D eigenvalue weighted by Crippen LogP contribution is 2.23. The lowest BCUT2D eigenvalue weighted by Crippen LogP contribution is -2.20. The molecule has 4 nitrogen and oxygen atoms in total. The fraction of sp³-hybridized carbons (Fsp3) is 0.333. The van der Waals surface area contributed by atoms with Crippen LogP contribution < -0.4 is 0 Å². The molecule has 1 aromatic rings. The Morgan fingerprint density at radius 3 is 2.65 bits per heavy atom. The number of esters is 1. The van der Waals surface area contributed by atoms with Gasteiger partial charge in [-0.25, -0.2) is 4.79 Å². The highest BCUT2D eigenvalue weighted by Gasteiger charge is 2.25. The predicted molar refractivity (Wildman–Crippen MR) is 62.8 cm³/mol. The summed E-state index contributed by atoms with van der Waals surface area (Å²) in [4.78, 5) is 22.6. The van der Waals surface area contributed by atoms with Crippen molar-refractivity contribution in [3.05, 3.63) is 35.4 Å².